The van der Waals surface area contributed by atoms with E-state index in [9.17, 15) is 13.2 Å². The minimum absolute atomic E-state index is 0.0313. The quantitative estimate of drug-likeness (QED) is 0.684. The Labute approximate surface area is 125 Å². The average molecular weight is 314 g/mol. The summed E-state index contributed by atoms with van der Waals surface area (Å²) in [6, 6.07) is 4.16. The Balaban J connectivity index is 3.28. The summed E-state index contributed by atoms with van der Waals surface area (Å²) >= 11 is 0. The van der Waals surface area contributed by atoms with Gasteiger partial charge in [0.05, 0.1) is 11.3 Å². The Morgan fingerprint density at radius 3 is 2.52 bits per heavy atom. The molecule has 0 aromatic heterocycles. The molecule has 0 saturated carbocycles. The molecule has 0 radical (unpaired) electrons. The number of hydrogen-bond donors (Lipinski definition) is 3. The molecule has 0 fully saturated rings. The highest BCUT2D eigenvalue weighted by molar-refractivity contribution is 7.89. The zero-order valence-corrected chi connectivity index (χ0v) is 13.3. The highest BCUT2D eigenvalue weighted by atomic mass is 32.2. The lowest BCUT2D eigenvalue weighted by atomic mass is 10.2. The standard InChI is InChI=1S/C14H22N2O4S/c1-4-8-15-21(19,20)13-9-11(14(17)18)6-7-12(13)16-10(3)5-2/h6-7,9-10,15-16H,4-5,8H2,1-3H3,(H,17,18)/t10-/m0/s1. The van der Waals surface area contributed by atoms with Crippen LogP contribution < -0.4 is 10.0 Å². The first-order valence-electron chi connectivity index (χ1n) is 6.95. The molecular weight excluding hydrogens is 292 g/mol. The maximum absolute atomic E-state index is 12.3. The Morgan fingerprint density at radius 2 is 2.00 bits per heavy atom. The summed E-state index contributed by atoms with van der Waals surface area (Å²) in [6.45, 7) is 6.07. The second-order valence-corrected chi connectivity index (χ2v) is 6.60. The zero-order chi connectivity index (χ0) is 16.0. The van der Waals surface area contributed by atoms with Crippen molar-refractivity contribution in [1.82, 2.24) is 4.72 Å². The van der Waals surface area contributed by atoms with Crippen molar-refractivity contribution in [2.24, 2.45) is 0 Å². The van der Waals surface area contributed by atoms with Crippen molar-refractivity contribution < 1.29 is 18.3 Å². The number of aromatic carboxylic acids is 1. The predicted octanol–water partition coefficient (Wildman–Crippen LogP) is 2.28. The molecule has 6 nitrogen and oxygen atoms in total. The molecule has 1 aromatic carbocycles. The average Bonchev–Trinajstić information content (AvgIpc) is 2.45. The largest absolute Gasteiger partial charge is 0.478 e. The van der Waals surface area contributed by atoms with Crippen LogP contribution >= 0.6 is 0 Å². The van der Waals surface area contributed by atoms with Crippen molar-refractivity contribution >= 4 is 21.7 Å². The van der Waals surface area contributed by atoms with Crippen LogP contribution in [0.3, 0.4) is 0 Å². The van der Waals surface area contributed by atoms with Crippen LogP contribution in [0.1, 0.15) is 44.0 Å². The third-order valence-corrected chi connectivity index (χ3v) is 4.58. The SMILES string of the molecule is CCCNS(=O)(=O)c1cc(C(=O)O)ccc1N[C@@H](C)CC. The van der Waals surface area contributed by atoms with Crippen molar-refractivity contribution in [3.05, 3.63) is 23.8 Å². The number of carboxylic acid groups (broad SMARTS) is 1. The van der Waals surface area contributed by atoms with E-state index in [0.29, 0.717) is 18.7 Å². The molecule has 1 atom stereocenters. The van der Waals surface area contributed by atoms with E-state index < -0.39 is 16.0 Å². The molecule has 0 aliphatic carbocycles. The van der Waals surface area contributed by atoms with Crippen LogP contribution in [0.4, 0.5) is 5.69 Å². The van der Waals surface area contributed by atoms with Crippen LogP contribution in [0.25, 0.3) is 0 Å². The van der Waals surface area contributed by atoms with E-state index in [0.717, 1.165) is 6.42 Å². The Hall–Kier alpha value is -1.60. The molecule has 0 spiro atoms. The number of carboxylic acids is 1. The second-order valence-electron chi connectivity index (χ2n) is 4.87. The number of anilines is 1. The maximum atomic E-state index is 12.3. The minimum atomic E-state index is -3.74. The lowest BCUT2D eigenvalue weighted by Crippen LogP contribution is -2.26. The molecule has 0 aliphatic heterocycles. The fourth-order valence-corrected chi connectivity index (χ4v) is 3.01. The summed E-state index contributed by atoms with van der Waals surface area (Å²) in [7, 11) is -3.74. The van der Waals surface area contributed by atoms with Gasteiger partial charge in [0.2, 0.25) is 10.0 Å². The van der Waals surface area contributed by atoms with Gasteiger partial charge in [-0.15, -0.1) is 0 Å². The molecule has 118 valence electrons. The first-order chi connectivity index (χ1) is 9.81. The van der Waals surface area contributed by atoms with Gasteiger partial charge in [-0.05, 0) is 38.0 Å². The number of nitrogens with one attached hydrogen (secondary N) is 2. The van der Waals surface area contributed by atoms with E-state index in [4.69, 9.17) is 5.11 Å². The van der Waals surface area contributed by atoms with Gasteiger partial charge in [0, 0.05) is 12.6 Å². The van der Waals surface area contributed by atoms with Gasteiger partial charge in [0.15, 0.2) is 0 Å². The molecule has 0 bridgehead atoms. The minimum Gasteiger partial charge on any atom is -0.478 e. The third kappa shape index (κ3) is 4.71. The Bertz CT molecular complexity index is 599. The fraction of sp³-hybridized carbons (Fsp3) is 0.500. The summed E-state index contributed by atoms with van der Waals surface area (Å²) in [5.41, 5.74) is 0.361. The molecule has 0 heterocycles. The van der Waals surface area contributed by atoms with Crippen LogP contribution in [0.5, 0.6) is 0 Å². The van der Waals surface area contributed by atoms with Gasteiger partial charge in [0.25, 0.3) is 0 Å². The van der Waals surface area contributed by atoms with Crippen LogP contribution in [0, 0.1) is 0 Å². The number of carbonyl (C=O) groups is 1. The van der Waals surface area contributed by atoms with Gasteiger partial charge in [-0.3, -0.25) is 0 Å². The molecule has 7 heteroatoms. The normalized spacial score (nSPS) is 12.9. The van der Waals surface area contributed by atoms with E-state index in [1.54, 1.807) is 0 Å². The van der Waals surface area contributed by atoms with Crippen LogP contribution in [-0.2, 0) is 10.0 Å². The van der Waals surface area contributed by atoms with Crippen LogP contribution in [0.2, 0.25) is 0 Å². The number of rotatable bonds is 8. The topological polar surface area (TPSA) is 95.5 Å². The predicted molar refractivity (Wildman–Crippen MR) is 82.3 cm³/mol. The lowest BCUT2D eigenvalue weighted by molar-refractivity contribution is 0.0696. The van der Waals surface area contributed by atoms with Gasteiger partial charge in [-0.2, -0.15) is 0 Å². The summed E-state index contributed by atoms with van der Waals surface area (Å²) < 4.78 is 27.1. The Morgan fingerprint density at radius 1 is 1.33 bits per heavy atom. The fourth-order valence-electron chi connectivity index (χ4n) is 1.68. The highest BCUT2D eigenvalue weighted by Gasteiger charge is 2.21. The van der Waals surface area contributed by atoms with Crippen molar-refractivity contribution in [2.45, 2.75) is 44.6 Å². The molecule has 0 aliphatic rings. The molecule has 3 N–H and O–H groups in total. The molecule has 0 amide bonds. The highest BCUT2D eigenvalue weighted by Crippen LogP contribution is 2.24. The number of sulfonamides is 1. The zero-order valence-electron chi connectivity index (χ0n) is 12.5. The van der Waals surface area contributed by atoms with E-state index in [1.165, 1.54) is 18.2 Å². The van der Waals surface area contributed by atoms with E-state index >= 15 is 0 Å². The first kappa shape index (κ1) is 17.5. The van der Waals surface area contributed by atoms with Gasteiger partial charge >= 0.3 is 5.97 Å². The molecule has 1 rings (SSSR count). The molecule has 0 unspecified atom stereocenters. The lowest BCUT2D eigenvalue weighted by Gasteiger charge is -2.17. The van der Waals surface area contributed by atoms with Crippen molar-refractivity contribution in [3.8, 4) is 0 Å². The van der Waals surface area contributed by atoms with Gasteiger partial charge in [0.1, 0.15) is 4.90 Å². The second kappa shape index (κ2) is 7.42. The van der Waals surface area contributed by atoms with Crippen LogP contribution in [0.15, 0.2) is 23.1 Å². The van der Waals surface area contributed by atoms with Crippen molar-refractivity contribution in [3.63, 3.8) is 0 Å². The molecule has 21 heavy (non-hydrogen) atoms. The monoisotopic (exact) mass is 314 g/mol. The number of hydrogen-bond acceptors (Lipinski definition) is 4. The summed E-state index contributed by atoms with van der Waals surface area (Å²) in [6.07, 6.45) is 1.48. The third-order valence-electron chi connectivity index (χ3n) is 3.07. The Kier molecular flexibility index (Phi) is 6.17. The van der Waals surface area contributed by atoms with Gasteiger partial charge in [-0.25, -0.2) is 17.9 Å². The van der Waals surface area contributed by atoms with Crippen molar-refractivity contribution in [2.75, 3.05) is 11.9 Å². The molecule has 1 aromatic rings. The number of benzene rings is 1. The molecule has 0 saturated heterocycles. The summed E-state index contributed by atoms with van der Waals surface area (Å²) in [5, 5.41) is 12.1. The van der Waals surface area contributed by atoms with E-state index in [1.807, 2.05) is 20.8 Å². The van der Waals surface area contributed by atoms with Crippen molar-refractivity contribution in [1.29, 1.82) is 0 Å². The first-order valence-corrected chi connectivity index (χ1v) is 8.43. The summed E-state index contributed by atoms with van der Waals surface area (Å²) in [5.74, 6) is -1.16. The van der Waals surface area contributed by atoms with Gasteiger partial charge < -0.3 is 10.4 Å². The van der Waals surface area contributed by atoms with E-state index in [2.05, 4.69) is 10.0 Å². The summed E-state index contributed by atoms with van der Waals surface area (Å²) in [4.78, 5) is 11.0. The van der Waals surface area contributed by atoms with Crippen LogP contribution in [-0.4, -0.2) is 32.1 Å². The smallest absolute Gasteiger partial charge is 0.335 e. The molecular formula is C14H22N2O4S. The maximum Gasteiger partial charge on any atom is 0.335 e. The van der Waals surface area contributed by atoms with Gasteiger partial charge in [-0.1, -0.05) is 13.8 Å². The van der Waals surface area contributed by atoms with E-state index in [-0.39, 0.29) is 16.5 Å².